The molecule has 0 aromatic heterocycles. The lowest BCUT2D eigenvalue weighted by Crippen LogP contribution is -2.06. The van der Waals surface area contributed by atoms with Gasteiger partial charge >= 0.3 is 0 Å². The van der Waals surface area contributed by atoms with E-state index in [1.54, 1.807) is 18.2 Å². The van der Waals surface area contributed by atoms with Gasteiger partial charge in [0, 0.05) is 18.2 Å². The fourth-order valence-electron chi connectivity index (χ4n) is 1.28. The molecule has 4 nitrogen and oxygen atoms in total. The zero-order chi connectivity index (χ0) is 11.3. The highest BCUT2D eigenvalue weighted by atomic mass is 16.5. The average Bonchev–Trinajstić information content (AvgIpc) is 2.20. The minimum atomic E-state index is -0.136. The minimum absolute atomic E-state index is 0.108. The Hall–Kier alpha value is -1.55. The molecule has 0 bridgehead atoms. The summed E-state index contributed by atoms with van der Waals surface area (Å²) in [5, 5.41) is 11.8. The van der Waals surface area contributed by atoms with E-state index in [9.17, 15) is 4.79 Å². The van der Waals surface area contributed by atoms with Crippen molar-refractivity contribution in [3.05, 3.63) is 23.8 Å². The van der Waals surface area contributed by atoms with E-state index in [1.165, 1.54) is 6.92 Å². The molecule has 1 rings (SSSR count). The number of aliphatic hydroxyl groups is 1. The van der Waals surface area contributed by atoms with E-state index in [0.717, 1.165) is 0 Å². The van der Waals surface area contributed by atoms with Gasteiger partial charge in [-0.1, -0.05) is 0 Å². The third kappa shape index (κ3) is 3.25. The highest BCUT2D eigenvalue weighted by Gasteiger charge is 2.04. The lowest BCUT2D eigenvalue weighted by atomic mass is 10.2. The molecule has 1 aromatic rings. The Morgan fingerprint density at radius 1 is 1.53 bits per heavy atom. The van der Waals surface area contributed by atoms with Gasteiger partial charge in [-0.3, -0.25) is 4.79 Å². The van der Waals surface area contributed by atoms with Crippen LogP contribution in [-0.4, -0.2) is 17.6 Å². The molecule has 0 aliphatic heterocycles. The van der Waals surface area contributed by atoms with Gasteiger partial charge in [-0.2, -0.15) is 0 Å². The Bertz CT molecular complexity index is 350. The van der Waals surface area contributed by atoms with Crippen molar-refractivity contribution in [2.24, 2.45) is 0 Å². The van der Waals surface area contributed by atoms with Gasteiger partial charge in [0.15, 0.2) is 0 Å². The number of ether oxygens (including phenoxy) is 1. The maximum Gasteiger partial charge on any atom is 0.221 e. The third-order valence-electron chi connectivity index (χ3n) is 1.85. The first kappa shape index (κ1) is 11.5. The van der Waals surface area contributed by atoms with Gasteiger partial charge in [0.05, 0.1) is 13.2 Å². The molecule has 0 aliphatic carbocycles. The summed E-state index contributed by atoms with van der Waals surface area (Å²) in [4.78, 5) is 10.8. The topological polar surface area (TPSA) is 58.6 Å². The van der Waals surface area contributed by atoms with Gasteiger partial charge in [-0.05, 0) is 25.1 Å². The van der Waals surface area contributed by atoms with Crippen LogP contribution in [0, 0.1) is 0 Å². The molecular weight excluding hydrogens is 194 g/mol. The van der Waals surface area contributed by atoms with E-state index in [4.69, 9.17) is 9.84 Å². The van der Waals surface area contributed by atoms with E-state index < -0.39 is 0 Å². The van der Waals surface area contributed by atoms with E-state index in [0.29, 0.717) is 23.6 Å². The highest BCUT2D eigenvalue weighted by molar-refractivity contribution is 5.88. The second-order valence-corrected chi connectivity index (χ2v) is 3.09. The van der Waals surface area contributed by atoms with E-state index in [1.807, 2.05) is 6.92 Å². The van der Waals surface area contributed by atoms with Crippen molar-refractivity contribution in [3.63, 3.8) is 0 Å². The van der Waals surface area contributed by atoms with Crippen LogP contribution in [0.1, 0.15) is 19.4 Å². The zero-order valence-electron chi connectivity index (χ0n) is 8.91. The maximum absolute atomic E-state index is 10.8. The molecule has 0 saturated carbocycles. The molecule has 82 valence electrons. The number of hydrogen-bond acceptors (Lipinski definition) is 3. The van der Waals surface area contributed by atoms with Gasteiger partial charge in [0.2, 0.25) is 5.91 Å². The van der Waals surface area contributed by atoms with Gasteiger partial charge in [-0.15, -0.1) is 0 Å². The number of carbonyl (C=O) groups excluding carboxylic acids is 1. The summed E-state index contributed by atoms with van der Waals surface area (Å²) in [7, 11) is 0. The van der Waals surface area contributed by atoms with Crippen molar-refractivity contribution in [1.82, 2.24) is 0 Å². The molecule has 0 fully saturated rings. The van der Waals surface area contributed by atoms with Crippen molar-refractivity contribution in [2.45, 2.75) is 20.5 Å². The fourth-order valence-corrected chi connectivity index (χ4v) is 1.28. The number of rotatable bonds is 4. The summed E-state index contributed by atoms with van der Waals surface area (Å²) in [6, 6.07) is 5.18. The SMILES string of the molecule is CCOc1ccc(NC(C)=O)cc1CO. The number of nitrogens with one attached hydrogen (secondary N) is 1. The largest absolute Gasteiger partial charge is 0.494 e. The van der Waals surface area contributed by atoms with Crippen LogP contribution in [-0.2, 0) is 11.4 Å². The molecular formula is C11H15NO3. The average molecular weight is 209 g/mol. The molecule has 0 aliphatic rings. The molecule has 0 radical (unpaired) electrons. The number of hydrogen-bond donors (Lipinski definition) is 2. The lowest BCUT2D eigenvalue weighted by molar-refractivity contribution is -0.114. The normalized spacial score (nSPS) is 9.80. The quantitative estimate of drug-likeness (QED) is 0.790. The minimum Gasteiger partial charge on any atom is -0.494 e. The van der Waals surface area contributed by atoms with Crippen LogP contribution in [0.25, 0.3) is 0 Å². The van der Waals surface area contributed by atoms with Gasteiger partial charge < -0.3 is 15.2 Å². The molecule has 0 heterocycles. The summed E-state index contributed by atoms with van der Waals surface area (Å²) >= 11 is 0. The van der Waals surface area contributed by atoms with Gasteiger partial charge in [-0.25, -0.2) is 0 Å². The van der Waals surface area contributed by atoms with Crippen LogP contribution in [0.15, 0.2) is 18.2 Å². The lowest BCUT2D eigenvalue weighted by Gasteiger charge is -2.10. The van der Waals surface area contributed by atoms with Crippen LogP contribution in [0.2, 0.25) is 0 Å². The van der Waals surface area contributed by atoms with Crippen molar-refractivity contribution in [3.8, 4) is 5.75 Å². The van der Waals surface area contributed by atoms with E-state index in [-0.39, 0.29) is 12.5 Å². The molecule has 1 amide bonds. The first-order valence-corrected chi connectivity index (χ1v) is 4.81. The monoisotopic (exact) mass is 209 g/mol. The number of carbonyl (C=O) groups is 1. The van der Waals surface area contributed by atoms with Gasteiger partial charge in [0.25, 0.3) is 0 Å². The Morgan fingerprint density at radius 2 is 2.27 bits per heavy atom. The Morgan fingerprint density at radius 3 is 2.80 bits per heavy atom. The first-order valence-electron chi connectivity index (χ1n) is 4.81. The van der Waals surface area contributed by atoms with E-state index >= 15 is 0 Å². The Balaban J connectivity index is 2.91. The standard InChI is InChI=1S/C11H15NO3/c1-3-15-11-5-4-10(12-8(2)14)6-9(11)7-13/h4-6,13H,3,7H2,1-2H3,(H,12,14). The number of anilines is 1. The predicted molar refractivity (Wildman–Crippen MR) is 57.8 cm³/mol. The summed E-state index contributed by atoms with van der Waals surface area (Å²) in [6.45, 7) is 3.76. The molecule has 0 unspecified atom stereocenters. The summed E-state index contributed by atoms with van der Waals surface area (Å²) in [6.07, 6.45) is 0. The fraction of sp³-hybridized carbons (Fsp3) is 0.364. The first-order chi connectivity index (χ1) is 7.17. The molecule has 4 heteroatoms. The smallest absolute Gasteiger partial charge is 0.221 e. The van der Waals surface area contributed by atoms with Crippen LogP contribution in [0.3, 0.4) is 0 Å². The number of benzene rings is 1. The second kappa shape index (κ2) is 5.36. The van der Waals surface area contributed by atoms with Crippen molar-refractivity contribution >= 4 is 11.6 Å². The molecule has 1 aromatic carbocycles. The van der Waals surface area contributed by atoms with Crippen LogP contribution in [0.5, 0.6) is 5.75 Å². The summed E-state index contributed by atoms with van der Waals surface area (Å²) in [5.74, 6) is 0.511. The summed E-state index contributed by atoms with van der Waals surface area (Å²) in [5.41, 5.74) is 1.33. The Kier molecular flexibility index (Phi) is 4.12. The zero-order valence-corrected chi connectivity index (χ0v) is 8.91. The van der Waals surface area contributed by atoms with Crippen LogP contribution >= 0.6 is 0 Å². The number of aliphatic hydroxyl groups excluding tert-OH is 1. The summed E-state index contributed by atoms with van der Waals surface area (Å²) < 4.78 is 5.32. The van der Waals surface area contributed by atoms with E-state index in [2.05, 4.69) is 5.32 Å². The second-order valence-electron chi connectivity index (χ2n) is 3.09. The van der Waals surface area contributed by atoms with Crippen molar-refractivity contribution in [2.75, 3.05) is 11.9 Å². The molecule has 15 heavy (non-hydrogen) atoms. The van der Waals surface area contributed by atoms with Crippen LogP contribution in [0.4, 0.5) is 5.69 Å². The van der Waals surface area contributed by atoms with Crippen LogP contribution < -0.4 is 10.1 Å². The molecule has 0 spiro atoms. The van der Waals surface area contributed by atoms with Crippen molar-refractivity contribution < 1.29 is 14.6 Å². The van der Waals surface area contributed by atoms with Gasteiger partial charge in [0.1, 0.15) is 5.75 Å². The molecule has 0 saturated heterocycles. The van der Waals surface area contributed by atoms with Crippen molar-refractivity contribution in [1.29, 1.82) is 0 Å². The predicted octanol–water partition coefficient (Wildman–Crippen LogP) is 1.54. The molecule has 2 N–H and O–H groups in total. The number of amides is 1. The Labute approximate surface area is 88.9 Å². The third-order valence-corrected chi connectivity index (χ3v) is 1.85. The molecule has 0 atom stereocenters. The maximum atomic E-state index is 10.8. The highest BCUT2D eigenvalue weighted by Crippen LogP contribution is 2.22.